The number of anilines is 1. The third-order valence-electron chi connectivity index (χ3n) is 2.33. The van der Waals surface area contributed by atoms with Gasteiger partial charge in [0.05, 0.1) is 6.54 Å². The van der Waals surface area contributed by atoms with Crippen molar-refractivity contribution in [2.45, 2.75) is 13.5 Å². The number of hydrogen-bond donors (Lipinski definition) is 1. The normalized spacial score (nSPS) is 15.6. The molecule has 4 nitrogen and oxygen atoms in total. The number of hydroxylamine groups is 2. The van der Waals surface area contributed by atoms with Crippen LogP contribution in [0.2, 0.25) is 0 Å². The van der Waals surface area contributed by atoms with Crippen molar-refractivity contribution in [2.75, 3.05) is 12.0 Å². The summed E-state index contributed by atoms with van der Waals surface area (Å²) in [4.78, 5) is 16.4. The Balaban J connectivity index is 2.00. The van der Waals surface area contributed by atoms with Crippen molar-refractivity contribution in [3.8, 4) is 0 Å². The van der Waals surface area contributed by atoms with Crippen molar-refractivity contribution in [3.63, 3.8) is 0 Å². The van der Waals surface area contributed by atoms with Crippen molar-refractivity contribution < 1.29 is 9.63 Å². The molecule has 0 amide bonds. The zero-order chi connectivity index (χ0) is 11.4. The molecule has 0 fully saturated rings. The van der Waals surface area contributed by atoms with Gasteiger partial charge < -0.3 is 10.2 Å². The minimum atomic E-state index is -0.344. The van der Waals surface area contributed by atoms with E-state index in [1.165, 1.54) is 6.08 Å². The standard InChI is InChI=1S/C12H14N2O2/c1-2-5-12(15)16-14-8-10-6-3-4-7-11(10)13-9-14/h2-7,13H,8-9H2,1H3. The Kier molecular flexibility index (Phi) is 3.22. The molecule has 1 aliphatic heterocycles. The number of nitrogens with zero attached hydrogens (tertiary/aromatic N) is 1. The van der Waals surface area contributed by atoms with Crippen LogP contribution in [0.15, 0.2) is 36.4 Å². The molecule has 4 heteroatoms. The van der Waals surface area contributed by atoms with Gasteiger partial charge in [0.2, 0.25) is 0 Å². The van der Waals surface area contributed by atoms with Gasteiger partial charge in [0, 0.05) is 11.8 Å². The van der Waals surface area contributed by atoms with E-state index in [0.717, 1.165) is 11.3 Å². The molecule has 0 aromatic heterocycles. The molecule has 16 heavy (non-hydrogen) atoms. The van der Waals surface area contributed by atoms with Crippen molar-refractivity contribution in [2.24, 2.45) is 0 Å². The zero-order valence-corrected chi connectivity index (χ0v) is 9.14. The van der Waals surface area contributed by atoms with Gasteiger partial charge in [0.25, 0.3) is 0 Å². The van der Waals surface area contributed by atoms with Gasteiger partial charge >= 0.3 is 5.97 Å². The fourth-order valence-corrected chi connectivity index (χ4v) is 1.61. The lowest BCUT2D eigenvalue weighted by Gasteiger charge is -2.27. The average molecular weight is 218 g/mol. The van der Waals surface area contributed by atoms with E-state index in [2.05, 4.69) is 5.32 Å². The third-order valence-corrected chi connectivity index (χ3v) is 2.33. The van der Waals surface area contributed by atoms with Gasteiger partial charge in [-0.1, -0.05) is 24.3 Å². The van der Waals surface area contributed by atoms with Crippen LogP contribution in [0.25, 0.3) is 0 Å². The molecule has 1 aromatic rings. The molecular formula is C12H14N2O2. The van der Waals surface area contributed by atoms with E-state index < -0.39 is 0 Å². The largest absolute Gasteiger partial charge is 0.369 e. The quantitative estimate of drug-likeness (QED) is 0.770. The molecule has 84 valence electrons. The summed E-state index contributed by atoms with van der Waals surface area (Å²) in [6, 6.07) is 7.98. The number of benzene rings is 1. The predicted molar refractivity (Wildman–Crippen MR) is 61.4 cm³/mol. The number of hydrogen-bond acceptors (Lipinski definition) is 4. The Hall–Kier alpha value is -1.81. The van der Waals surface area contributed by atoms with Crippen LogP contribution in [0.4, 0.5) is 5.69 Å². The molecule has 0 bridgehead atoms. The molecule has 2 rings (SSSR count). The van der Waals surface area contributed by atoms with Gasteiger partial charge in [0.15, 0.2) is 0 Å². The molecule has 0 spiro atoms. The van der Waals surface area contributed by atoms with E-state index in [-0.39, 0.29) is 5.97 Å². The second kappa shape index (κ2) is 4.81. The molecule has 0 aliphatic carbocycles. The van der Waals surface area contributed by atoms with E-state index in [1.54, 1.807) is 18.1 Å². The van der Waals surface area contributed by atoms with Crippen LogP contribution in [-0.2, 0) is 16.2 Å². The number of carbonyl (C=O) groups is 1. The maximum atomic E-state index is 11.2. The van der Waals surface area contributed by atoms with Gasteiger partial charge in [-0.3, -0.25) is 0 Å². The molecule has 0 saturated carbocycles. The van der Waals surface area contributed by atoms with Crippen LogP contribution in [0.5, 0.6) is 0 Å². The molecular weight excluding hydrogens is 204 g/mol. The summed E-state index contributed by atoms with van der Waals surface area (Å²) >= 11 is 0. The molecule has 0 unspecified atom stereocenters. The second-order valence-electron chi connectivity index (χ2n) is 3.54. The Bertz CT molecular complexity index is 415. The lowest BCUT2D eigenvalue weighted by molar-refractivity contribution is -0.186. The van der Waals surface area contributed by atoms with Crippen LogP contribution in [0.3, 0.4) is 0 Å². The Morgan fingerprint density at radius 1 is 1.50 bits per heavy atom. The Morgan fingerprint density at radius 2 is 2.31 bits per heavy atom. The fraction of sp³-hybridized carbons (Fsp3) is 0.250. The van der Waals surface area contributed by atoms with E-state index >= 15 is 0 Å². The molecule has 1 aliphatic rings. The van der Waals surface area contributed by atoms with Crippen molar-refractivity contribution in [3.05, 3.63) is 42.0 Å². The molecule has 0 saturated heterocycles. The first kappa shape index (κ1) is 10.7. The molecule has 0 atom stereocenters. The maximum Gasteiger partial charge on any atom is 0.349 e. The number of carbonyl (C=O) groups excluding carboxylic acids is 1. The summed E-state index contributed by atoms with van der Waals surface area (Å²) < 4.78 is 0. The number of allylic oxidation sites excluding steroid dienone is 1. The van der Waals surface area contributed by atoms with Gasteiger partial charge in [-0.2, -0.15) is 0 Å². The molecule has 1 heterocycles. The summed E-state index contributed by atoms with van der Waals surface area (Å²) in [6.07, 6.45) is 3.06. The smallest absolute Gasteiger partial charge is 0.349 e. The summed E-state index contributed by atoms with van der Waals surface area (Å²) in [7, 11) is 0. The Morgan fingerprint density at radius 3 is 3.12 bits per heavy atom. The van der Waals surface area contributed by atoms with Crippen molar-refractivity contribution in [1.29, 1.82) is 0 Å². The third kappa shape index (κ3) is 2.41. The SMILES string of the molecule is CC=CC(=O)ON1CNc2ccccc2C1. The van der Waals surface area contributed by atoms with Crippen LogP contribution in [-0.4, -0.2) is 17.7 Å². The van der Waals surface area contributed by atoms with Crippen LogP contribution < -0.4 is 5.32 Å². The lowest BCUT2D eigenvalue weighted by atomic mass is 10.1. The number of rotatable bonds is 2. The van der Waals surface area contributed by atoms with Gasteiger partial charge in [-0.05, 0) is 18.6 Å². The topological polar surface area (TPSA) is 41.6 Å². The summed E-state index contributed by atoms with van der Waals surface area (Å²) in [6.45, 7) is 2.91. The highest BCUT2D eigenvalue weighted by molar-refractivity contribution is 5.81. The average Bonchev–Trinajstić information content (AvgIpc) is 2.29. The van der Waals surface area contributed by atoms with Crippen molar-refractivity contribution in [1.82, 2.24) is 5.06 Å². The monoisotopic (exact) mass is 218 g/mol. The van der Waals surface area contributed by atoms with Crippen LogP contribution >= 0.6 is 0 Å². The van der Waals surface area contributed by atoms with Crippen molar-refractivity contribution >= 4 is 11.7 Å². The summed E-state index contributed by atoms with van der Waals surface area (Å²) in [5.74, 6) is -0.344. The first-order valence-corrected chi connectivity index (χ1v) is 5.21. The maximum absolute atomic E-state index is 11.2. The molecule has 1 N–H and O–H groups in total. The minimum Gasteiger partial charge on any atom is -0.369 e. The van der Waals surface area contributed by atoms with E-state index in [9.17, 15) is 4.79 Å². The summed E-state index contributed by atoms with van der Waals surface area (Å²) in [5, 5.41) is 4.79. The van der Waals surface area contributed by atoms with E-state index in [0.29, 0.717) is 13.2 Å². The lowest BCUT2D eigenvalue weighted by Crippen LogP contribution is -2.35. The van der Waals surface area contributed by atoms with Gasteiger partial charge in [-0.25, -0.2) is 4.79 Å². The fourth-order valence-electron chi connectivity index (χ4n) is 1.61. The van der Waals surface area contributed by atoms with E-state index in [4.69, 9.17) is 4.84 Å². The number of nitrogens with one attached hydrogen (secondary N) is 1. The predicted octanol–water partition coefficient (Wildman–Crippen LogP) is 1.91. The minimum absolute atomic E-state index is 0.344. The van der Waals surface area contributed by atoms with Crippen LogP contribution in [0, 0.1) is 0 Å². The highest BCUT2D eigenvalue weighted by atomic mass is 16.7. The second-order valence-corrected chi connectivity index (χ2v) is 3.54. The zero-order valence-electron chi connectivity index (χ0n) is 9.14. The number of fused-ring (bicyclic) bond motifs is 1. The summed E-state index contributed by atoms with van der Waals surface area (Å²) in [5.41, 5.74) is 2.22. The highest BCUT2D eigenvalue weighted by Gasteiger charge is 2.17. The van der Waals surface area contributed by atoms with Gasteiger partial charge in [-0.15, -0.1) is 5.06 Å². The molecule has 0 radical (unpaired) electrons. The van der Waals surface area contributed by atoms with E-state index in [1.807, 2.05) is 24.3 Å². The number of para-hydroxylation sites is 1. The Labute approximate surface area is 94.5 Å². The molecule has 1 aromatic carbocycles. The first-order valence-electron chi connectivity index (χ1n) is 5.21. The van der Waals surface area contributed by atoms with Crippen LogP contribution in [0.1, 0.15) is 12.5 Å². The highest BCUT2D eigenvalue weighted by Crippen LogP contribution is 2.21. The first-order chi connectivity index (χ1) is 7.79. The van der Waals surface area contributed by atoms with Gasteiger partial charge in [0.1, 0.15) is 6.67 Å².